The van der Waals surface area contributed by atoms with E-state index in [4.69, 9.17) is 0 Å². The molecule has 0 saturated heterocycles. The van der Waals surface area contributed by atoms with Gasteiger partial charge in [-0.15, -0.1) is 0 Å². The van der Waals surface area contributed by atoms with Gasteiger partial charge < -0.3 is 4.90 Å². The van der Waals surface area contributed by atoms with Crippen molar-refractivity contribution in [2.75, 3.05) is 4.90 Å². The van der Waals surface area contributed by atoms with E-state index in [0.29, 0.717) is 0 Å². The lowest BCUT2D eigenvalue weighted by Crippen LogP contribution is -2.28. The van der Waals surface area contributed by atoms with Gasteiger partial charge in [-0.05, 0) is 115 Å². The molecule has 0 amide bonds. The molecule has 57 heavy (non-hydrogen) atoms. The number of benzene rings is 9. The Kier molecular flexibility index (Phi) is 7.08. The van der Waals surface area contributed by atoms with Crippen LogP contribution in [0.4, 0.5) is 17.1 Å². The molecule has 0 heterocycles. The Hall–Kier alpha value is -6.70. The Bertz CT molecular complexity index is 2980. The Balaban J connectivity index is 1.17. The highest BCUT2D eigenvalue weighted by atomic mass is 15.1. The predicted octanol–water partition coefficient (Wildman–Crippen LogP) is 14.7. The topological polar surface area (TPSA) is 3.24 Å². The number of hydrogen-bond acceptors (Lipinski definition) is 1. The second kappa shape index (κ2) is 12.4. The van der Waals surface area contributed by atoms with E-state index in [-0.39, 0.29) is 5.41 Å². The first-order chi connectivity index (χ1) is 28.3. The van der Waals surface area contributed by atoms with Crippen molar-refractivity contribution in [2.45, 2.75) is 36.5 Å². The molecule has 0 atom stereocenters. The SMILES string of the molecule is c1ccc(C2(c3ccccc3)c3ccccc3-c3ccc(N(c4ccc5c(c4)C4(CCCC4)c4ccccc4-5)c4cc5ccccc5c5ccccc45)cc32)cc1. The molecule has 0 bridgehead atoms. The fraction of sp³-hybridized carbons (Fsp3) is 0.107. The molecule has 0 unspecified atom stereocenters. The van der Waals surface area contributed by atoms with Gasteiger partial charge in [-0.2, -0.15) is 0 Å². The van der Waals surface area contributed by atoms with Crippen molar-refractivity contribution >= 4 is 38.6 Å². The summed E-state index contributed by atoms with van der Waals surface area (Å²) in [6, 6.07) is 75.5. The summed E-state index contributed by atoms with van der Waals surface area (Å²) >= 11 is 0. The average molecular weight is 728 g/mol. The molecule has 9 aromatic rings. The van der Waals surface area contributed by atoms with Crippen LogP contribution in [0.3, 0.4) is 0 Å². The van der Waals surface area contributed by atoms with Crippen molar-refractivity contribution in [1.82, 2.24) is 0 Å². The number of rotatable bonds is 5. The normalized spacial score (nSPS) is 15.4. The van der Waals surface area contributed by atoms with Crippen molar-refractivity contribution in [3.63, 3.8) is 0 Å². The average Bonchev–Trinajstić information content (AvgIpc) is 3.97. The molecule has 1 nitrogen and oxygen atoms in total. The Morgan fingerprint density at radius 3 is 1.53 bits per heavy atom. The minimum Gasteiger partial charge on any atom is -0.310 e. The maximum atomic E-state index is 2.57. The fourth-order valence-electron chi connectivity index (χ4n) is 11.3. The molecule has 1 saturated carbocycles. The molecule has 0 aliphatic heterocycles. The molecule has 1 heteroatoms. The maximum absolute atomic E-state index is 2.57. The summed E-state index contributed by atoms with van der Waals surface area (Å²) in [6.07, 6.45) is 4.94. The van der Waals surface area contributed by atoms with Crippen LogP contribution in [0.5, 0.6) is 0 Å². The van der Waals surface area contributed by atoms with Crippen molar-refractivity contribution in [1.29, 1.82) is 0 Å². The van der Waals surface area contributed by atoms with Gasteiger partial charge >= 0.3 is 0 Å². The van der Waals surface area contributed by atoms with Crippen LogP contribution in [-0.4, -0.2) is 0 Å². The van der Waals surface area contributed by atoms with Gasteiger partial charge in [-0.1, -0.05) is 183 Å². The van der Waals surface area contributed by atoms with Gasteiger partial charge in [0, 0.05) is 22.2 Å². The molecule has 3 aliphatic carbocycles. The van der Waals surface area contributed by atoms with Gasteiger partial charge in [0.15, 0.2) is 0 Å². The highest BCUT2D eigenvalue weighted by Crippen LogP contribution is 2.60. The largest absolute Gasteiger partial charge is 0.310 e. The Labute approximate surface area is 334 Å². The van der Waals surface area contributed by atoms with E-state index in [9.17, 15) is 0 Å². The lowest BCUT2D eigenvalue weighted by atomic mass is 9.67. The van der Waals surface area contributed by atoms with Crippen LogP contribution in [-0.2, 0) is 10.8 Å². The van der Waals surface area contributed by atoms with Crippen molar-refractivity contribution in [2.24, 2.45) is 0 Å². The van der Waals surface area contributed by atoms with Gasteiger partial charge in [-0.3, -0.25) is 0 Å². The van der Waals surface area contributed by atoms with Gasteiger partial charge in [-0.25, -0.2) is 0 Å². The van der Waals surface area contributed by atoms with Crippen LogP contribution in [0.15, 0.2) is 200 Å². The molecule has 0 aromatic heterocycles. The maximum Gasteiger partial charge on any atom is 0.0714 e. The molecule has 0 N–H and O–H groups in total. The molecular formula is C56H41N. The lowest BCUT2D eigenvalue weighted by molar-refractivity contribution is 0.550. The molecule has 3 aliphatic rings. The predicted molar refractivity (Wildman–Crippen MR) is 238 cm³/mol. The van der Waals surface area contributed by atoms with Crippen LogP contribution < -0.4 is 4.90 Å². The number of hydrogen-bond donors (Lipinski definition) is 0. The highest BCUT2D eigenvalue weighted by molar-refractivity contribution is 6.14. The van der Waals surface area contributed by atoms with Gasteiger partial charge in [0.25, 0.3) is 0 Å². The lowest BCUT2D eigenvalue weighted by Gasteiger charge is -2.35. The first-order valence-corrected chi connectivity index (χ1v) is 20.6. The van der Waals surface area contributed by atoms with Gasteiger partial charge in [0.1, 0.15) is 0 Å². The van der Waals surface area contributed by atoms with E-state index in [1.807, 2.05) is 0 Å². The first-order valence-electron chi connectivity index (χ1n) is 20.6. The van der Waals surface area contributed by atoms with Gasteiger partial charge in [0.2, 0.25) is 0 Å². The summed E-state index contributed by atoms with van der Waals surface area (Å²) in [5.41, 5.74) is 16.7. The Morgan fingerprint density at radius 2 is 0.842 bits per heavy atom. The van der Waals surface area contributed by atoms with Crippen LogP contribution in [0.25, 0.3) is 43.8 Å². The minimum absolute atomic E-state index is 0.0639. The minimum atomic E-state index is -0.491. The molecule has 9 aromatic carbocycles. The zero-order chi connectivity index (χ0) is 37.6. The van der Waals surface area contributed by atoms with Gasteiger partial charge in [0.05, 0.1) is 11.1 Å². The fourth-order valence-corrected chi connectivity index (χ4v) is 11.3. The van der Waals surface area contributed by atoms with E-state index in [2.05, 4.69) is 205 Å². The third-order valence-corrected chi connectivity index (χ3v) is 13.7. The quantitative estimate of drug-likeness (QED) is 0.160. The van der Waals surface area contributed by atoms with Crippen molar-refractivity contribution in [3.8, 4) is 22.3 Å². The summed E-state index contributed by atoms with van der Waals surface area (Å²) in [6.45, 7) is 0. The molecular weight excluding hydrogens is 687 g/mol. The third-order valence-electron chi connectivity index (χ3n) is 13.7. The van der Waals surface area contributed by atoms with E-state index >= 15 is 0 Å². The second-order valence-electron chi connectivity index (χ2n) is 16.3. The molecule has 1 fully saturated rings. The zero-order valence-corrected chi connectivity index (χ0v) is 31.8. The van der Waals surface area contributed by atoms with Crippen LogP contribution >= 0.6 is 0 Å². The van der Waals surface area contributed by atoms with Crippen LogP contribution in [0, 0.1) is 0 Å². The second-order valence-corrected chi connectivity index (χ2v) is 16.3. The molecule has 1 spiro atoms. The monoisotopic (exact) mass is 727 g/mol. The van der Waals surface area contributed by atoms with E-state index in [1.54, 1.807) is 0 Å². The molecule has 270 valence electrons. The summed E-state index contributed by atoms with van der Waals surface area (Å²) in [4.78, 5) is 2.57. The Morgan fingerprint density at radius 1 is 0.351 bits per heavy atom. The van der Waals surface area contributed by atoms with Crippen LogP contribution in [0.2, 0.25) is 0 Å². The zero-order valence-electron chi connectivity index (χ0n) is 31.8. The van der Waals surface area contributed by atoms with E-state index in [1.165, 1.54) is 114 Å². The highest BCUT2D eigenvalue weighted by Gasteiger charge is 2.47. The molecule has 0 radical (unpaired) electrons. The molecule has 12 rings (SSSR count). The number of fused-ring (bicyclic) bond motifs is 11. The third kappa shape index (κ3) is 4.51. The number of nitrogens with zero attached hydrogens (tertiary/aromatic N) is 1. The van der Waals surface area contributed by atoms with Crippen molar-refractivity contribution in [3.05, 3.63) is 234 Å². The standard InChI is InChI=1S/C56H41N/c1-3-18-39(19-4-1)56(40-20-5-2-6-21-40)51-28-14-12-25-46(51)48-32-30-42(37-53(48)56)57(54-35-38-17-7-8-22-43(38)44-23-9-10-26-49(44)54)41-29-31-47-45-24-11-13-27-50(45)55(52(47)36-41)33-15-16-34-55/h1-14,17-32,35-37H,15-16,33-34H2. The van der Waals surface area contributed by atoms with Crippen LogP contribution in [0.1, 0.15) is 59.1 Å². The van der Waals surface area contributed by atoms with E-state index in [0.717, 1.165) is 5.69 Å². The van der Waals surface area contributed by atoms with E-state index < -0.39 is 5.41 Å². The number of anilines is 3. The summed E-state index contributed by atoms with van der Waals surface area (Å²) in [7, 11) is 0. The summed E-state index contributed by atoms with van der Waals surface area (Å²) < 4.78 is 0. The summed E-state index contributed by atoms with van der Waals surface area (Å²) in [5.74, 6) is 0. The smallest absolute Gasteiger partial charge is 0.0714 e. The van der Waals surface area contributed by atoms with Crippen molar-refractivity contribution < 1.29 is 0 Å². The first kappa shape index (κ1) is 32.5. The summed E-state index contributed by atoms with van der Waals surface area (Å²) in [5, 5.41) is 5.04.